The molecule has 0 fully saturated rings. The predicted octanol–water partition coefficient (Wildman–Crippen LogP) is 11.6. The highest BCUT2D eigenvalue weighted by molar-refractivity contribution is 7.98. The molecule has 0 amide bonds. The fraction of sp³-hybridized carbons (Fsp3) is 0.643. The first-order valence-electron chi connectivity index (χ1n) is 12.9. The minimum Gasteiger partial charge on any atom is -0.486 e. The molecule has 2 heterocycles. The van der Waals surface area contributed by atoms with Crippen molar-refractivity contribution in [3.63, 3.8) is 0 Å². The molecule has 206 valence electrons. The van der Waals surface area contributed by atoms with Crippen molar-refractivity contribution in [1.29, 1.82) is 0 Å². The van der Waals surface area contributed by atoms with Gasteiger partial charge in [0, 0.05) is 10.1 Å². The van der Waals surface area contributed by atoms with Crippen molar-refractivity contribution < 1.29 is 9.47 Å². The Bertz CT molecular complexity index is 677. The molecule has 1 aromatic carbocycles. The lowest BCUT2D eigenvalue weighted by atomic mass is 10.3. The van der Waals surface area contributed by atoms with E-state index in [9.17, 15) is 0 Å². The van der Waals surface area contributed by atoms with Gasteiger partial charge in [-0.25, -0.2) is 0 Å². The maximum absolute atomic E-state index is 5.63. The topological polar surface area (TPSA) is 43.2 Å². The third-order valence-electron chi connectivity index (χ3n) is 2.98. The molecule has 4 nitrogen and oxygen atoms in total. The monoisotopic (exact) mass is 548 g/mol. The third-order valence-corrected chi connectivity index (χ3v) is 4.96. The van der Waals surface area contributed by atoms with Crippen LogP contribution in [0.3, 0.4) is 0 Å². The second-order valence-electron chi connectivity index (χ2n) is 6.46. The van der Waals surface area contributed by atoms with Crippen molar-refractivity contribution in [3.05, 3.63) is 45.6 Å². The third kappa shape index (κ3) is 25.7. The van der Waals surface area contributed by atoms with Gasteiger partial charge in [0.1, 0.15) is 12.7 Å². The molecule has 0 radical (unpaired) electrons. The number of ether oxygens (including phenoxy) is 2. The van der Waals surface area contributed by atoms with Gasteiger partial charge in [0.15, 0.2) is 11.5 Å². The molecule has 2 aromatic rings. The van der Waals surface area contributed by atoms with Gasteiger partial charge in [-0.05, 0) is 63.2 Å². The number of rotatable bonds is 3. The van der Waals surface area contributed by atoms with Crippen molar-refractivity contribution in [3.8, 4) is 11.5 Å². The summed E-state index contributed by atoms with van der Waals surface area (Å²) in [4.78, 5) is 1.20. The summed E-state index contributed by atoms with van der Waals surface area (Å²) in [7, 11) is 0. The van der Waals surface area contributed by atoms with Gasteiger partial charge in [-0.15, -0.1) is 15.9 Å². The van der Waals surface area contributed by atoms with E-state index in [1.165, 1.54) is 16.8 Å². The first kappa shape index (κ1) is 40.9. The van der Waals surface area contributed by atoms with E-state index >= 15 is 0 Å². The van der Waals surface area contributed by atoms with E-state index in [1.54, 1.807) is 11.3 Å². The maximum atomic E-state index is 5.63. The quantitative estimate of drug-likeness (QED) is 0.283. The highest BCUT2D eigenvalue weighted by Gasteiger charge is 2.15. The van der Waals surface area contributed by atoms with E-state index in [4.69, 9.17) is 21.1 Å². The number of hydrogen-bond donors (Lipinski definition) is 0. The van der Waals surface area contributed by atoms with Crippen LogP contribution in [0, 0.1) is 6.92 Å². The Hall–Kier alpha value is -1.24. The number of nitrogens with zero attached hydrogens (tertiary/aromatic N) is 2. The van der Waals surface area contributed by atoms with Crippen molar-refractivity contribution in [1.82, 2.24) is 0 Å². The van der Waals surface area contributed by atoms with Gasteiger partial charge in [-0.3, -0.25) is 0 Å². The van der Waals surface area contributed by atoms with Gasteiger partial charge >= 0.3 is 0 Å². The molecule has 0 saturated carbocycles. The van der Waals surface area contributed by atoms with Crippen LogP contribution in [0.5, 0.6) is 11.5 Å². The SMILES string of the molecule is CC.CC.CC.CC.CC(C)N=NSC(C)C.CC1COc2ccccc2O1.Cc1sccc1Cl. The minimum atomic E-state index is 0.171. The molecule has 1 aromatic heterocycles. The smallest absolute Gasteiger partial charge is 0.161 e. The number of para-hydroxylation sites is 2. The fourth-order valence-electron chi connectivity index (χ4n) is 1.71. The molecule has 0 bridgehead atoms. The predicted molar refractivity (Wildman–Crippen MR) is 164 cm³/mol. The van der Waals surface area contributed by atoms with Gasteiger partial charge in [-0.2, -0.15) is 5.11 Å². The van der Waals surface area contributed by atoms with Crippen molar-refractivity contribution in [2.24, 2.45) is 9.63 Å². The van der Waals surface area contributed by atoms with E-state index in [2.05, 4.69) is 23.5 Å². The van der Waals surface area contributed by atoms with Crippen LogP contribution in [0.25, 0.3) is 0 Å². The van der Waals surface area contributed by atoms with E-state index in [0.717, 1.165) is 16.5 Å². The van der Waals surface area contributed by atoms with Crippen molar-refractivity contribution >= 4 is 34.9 Å². The molecule has 3 rings (SSSR count). The first-order valence-corrected chi connectivity index (χ1v) is 15.0. The lowest BCUT2D eigenvalue weighted by Gasteiger charge is -2.23. The highest BCUT2D eigenvalue weighted by atomic mass is 35.5. The van der Waals surface area contributed by atoms with Crippen LogP contribution in [0.4, 0.5) is 0 Å². The van der Waals surface area contributed by atoms with E-state index in [1.807, 2.05) is 119 Å². The second kappa shape index (κ2) is 30.8. The first-order chi connectivity index (χ1) is 16.8. The number of fused-ring (bicyclic) bond motifs is 1. The Morgan fingerprint density at radius 1 is 0.914 bits per heavy atom. The second-order valence-corrected chi connectivity index (χ2v) is 9.30. The molecule has 1 aliphatic rings. The summed E-state index contributed by atoms with van der Waals surface area (Å²) in [6, 6.07) is 9.96. The van der Waals surface area contributed by atoms with Crippen molar-refractivity contribution in [2.45, 2.75) is 114 Å². The number of aryl methyl sites for hydroxylation is 1. The van der Waals surface area contributed by atoms with Crippen LogP contribution in [-0.4, -0.2) is 24.0 Å². The average molecular weight is 549 g/mol. The van der Waals surface area contributed by atoms with Gasteiger partial charge in [0.2, 0.25) is 0 Å². The van der Waals surface area contributed by atoms with Crippen LogP contribution in [0.15, 0.2) is 45.3 Å². The summed E-state index contributed by atoms with van der Waals surface area (Å²) < 4.78 is 14.8. The highest BCUT2D eigenvalue weighted by Crippen LogP contribution is 2.30. The zero-order chi connectivity index (χ0) is 28.2. The summed E-state index contributed by atoms with van der Waals surface area (Å²) in [6.07, 6.45) is 0.171. The summed E-state index contributed by atoms with van der Waals surface area (Å²) >= 11 is 8.83. The molecule has 1 unspecified atom stereocenters. The summed E-state index contributed by atoms with van der Waals surface area (Å²) in [5, 5.41) is 7.36. The molecular weight excluding hydrogens is 496 g/mol. The zero-order valence-electron chi connectivity index (χ0n) is 24.8. The number of thiophene rings is 1. The average Bonchev–Trinajstić information content (AvgIpc) is 3.26. The van der Waals surface area contributed by atoms with Crippen LogP contribution >= 0.6 is 34.9 Å². The number of benzene rings is 1. The maximum Gasteiger partial charge on any atom is 0.161 e. The molecule has 35 heavy (non-hydrogen) atoms. The Kier molecular flexibility index (Phi) is 36.0. The number of halogens is 1. The molecule has 0 aliphatic carbocycles. The zero-order valence-corrected chi connectivity index (χ0v) is 27.2. The van der Waals surface area contributed by atoms with E-state index < -0.39 is 0 Å². The van der Waals surface area contributed by atoms with Gasteiger partial charge in [0.25, 0.3) is 0 Å². The fourth-order valence-corrected chi connectivity index (χ4v) is 3.00. The van der Waals surface area contributed by atoms with Gasteiger partial charge < -0.3 is 9.47 Å². The molecule has 1 aliphatic heterocycles. The Morgan fingerprint density at radius 2 is 1.43 bits per heavy atom. The van der Waals surface area contributed by atoms with E-state index in [-0.39, 0.29) is 6.10 Å². The standard InChI is InChI=1S/C9H10O2.C6H14N2S.C5H5ClS.4C2H6/c1-7-6-10-8-4-2-3-5-9(8)11-7;1-5(2)7-8-9-6(3)4;1-4-5(6)2-3-7-4;4*1-2/h2-5,7H,6H2,1H3;5-6H,1-4H3;2-3H,1H3;4*1-2H3. The molecule has 0 saturated heterocycles. The summed E-state index contributed by atoms with van der Waals surface area (Å²) in [6.45, 7) is 28.9. The lowest BCUT2D eigenvalue weighted by molar-refractivity contribution is 0.104. The van der Waals surface area contributed by atoms with Crippen LogP contribution in [0.1, 0.15) is 94.9 Å². The molecule has 7 heteroatoms. The normalized spacial score (nSPS) is 12.4. The largest absolute Gasteiger partial charge is 0.486 e. The Labute approximate surface area is 231 Å². The van der Waals surface area contributed by atoms with Crippen LogP contribution < -0.4 is 9.47 Å². The number of hydrogen-bond acceptors (Lipinski definition) is 6. The minimum absolute atomic E-state index is 0.171. The van der Waals surface area contributed by atoms with Gasteiger partial charge in [-0.1, -0.05) is 93.0 Å². The Balaban J connectivity index is -0.000000183. The van der Waals surface area contributed by atoms with Gasteiger partial charge in [0.05, 0.1) is 11.1 Å². The summed E-state index contributed by atoms with van der Waals surface area (Å²) in [5.41, 5.74) is 0. The van der Waals surface area contributed by atoms with Crippen LogP contribution in [-0.2, 0) is 0 Å². The lowest BCUT2D eigenvalue weighted by Crippen LogP contribution is -2.25. The van der Waals surface area contributed by atoms with Crippen LogP contribution in [0.2, 0.25) is 5.02 Å². The van der Waals surface area contributed by atoms with Crippen molar-refractivity contribution in [2.75, 3.05) is 6.61 Å². The molecule has 0 spiro atoms. The molecule has 0 N–H and O–H groups in total. The molecular formula is C28H53ClN2O2S2. The van der Waals surface area contributed by atoms with E-state index in [0.29, 0.717) is 17.9 Å². The molecule has 1 atom stereocenters. The Morgan fingerprint density at radius 3 is 1.80 bits per heavy atom. The summed E-state index contributed by atoms with van der Waals surface area (Å²) in [5.74, 6) is 1.71.